The Kier molecular flexibility index (Phi) is 2.18. The molecular weight excluding hydrogens is 268 g/mol. The van der Waals surface area contributed by atoms with Crippen LogP contribution in [0.5, 0.6) is 0 Å². The van der Waals surface area contributed by atoms with Gasteiger partial charge in [0.25, 0.3) is 0 Å². The summed E-state index contributed by atoms with van der Waals surface area (Å²) in [6, 6.07) is 7.86. The molecule has 0 aliphatic rings. The van der Waals surface area contributed by atoms with Crippen molar-refractivity contribution in [3.05, 3.63) is 47.3 Å². The Morgan fingerprint density at radius 2 is 1.81 bits per heavy atom. The molecule has 1 aromatic carbocycles. The van der Waals surface area contributed by atoms with Gasteiger partial charge in [-0.25, -0.2) is 0 Å². The van der Waals surface area contributed by atoms with Crippen LogP contribution in [0.4, 0.5) is 0 Å². The van der Waals surface area contributed by atoms with E-state index in [4.69, 9.17) is 0 Å². The van der Waals surface area contributed by atoms with Gasteiger partial charge in [-0.1, -0.05) is 15.9 Å². The van der Waals surface area contributed by atoms with Crippen LogP contribution < -0.4 is 0 Å². The van der Waals surface area contributed by atoms with Crippen LogP contribution in [0.25, 0.3) is 16.6 Å². The van der Waals surface area contributed by atoms with E-state index in [-0.39, 0.29) is 0 Å². The standard InChI is InChI=1S/C11H7BrN4/c12-8-1-2-9-10(7-8)13-4-3-11(9)16-14-5-6-15-16/h1-7H. The Labute approximate surface area is 100 Å². The third-order valence-electron chi connectivity index (χ3n) is 2.32. The molecule has 4 nitrogen and oxygen atoms in total. The lowest BCUT2D eigenvalue weighted by Gasteiger charge is -2.04. The van der Waals surface area contributed by atoms with Crippen LogP contribution in [0.2, 0.25) is 0 Å². The lowest BCUT2D eigenvalue weighted by Crippen LogP contribution is -1.99. The summed E-state index contributed by atoms with van der Waals surface area (Å²) in [5, 5.41) is 9.28. The van der Waals surface area contributed by atoms with E-state index in [0.717, 1.165) is 21.1 Å². The topological polar surface area (TPSA) is 43.6 Å². The van der Waals surface area contributed by atoms with Gasteiger partial charge in [-0.2, -0.15) is 15.0 Å². The number of hydrogen-bond donors (Lipinski definition) is 0. The minimum atomic E-state index is 0.921. The van der Waals surface area contributed by atoms with Gasteiger partial charge < -0.3 is 0 Å². The fourth-order valence-electron chi connectivity index (χ4n) is 1.62. The monoisotopic (exact) mass is 274 g/mol. The average Bonchev–Trinajstić information content (AvgIpc) is 2.81. The number of hydrogen-bond acceptors (Lipinski definition) is 3. The van der Waals surface area contributed by atoms with Gasteiger partial charge in [-0.3, -0.25) is 4.98 Å². The van der Waals surface area contributed by atoms with Crippen LogP contribution in [0.1, 0.15) is 0 Å². The predicted molar refractivity (Wildman–Crippen MR) is 64.4 cm³/mol. The highest BCUT2D eigenvalue weighted by molar-refractivity contribution is 9.10. The molecule has 2 aromatic heterocycles. The third-order valence-corrected chi connectivity index (χ3v) is 2.81. The van der Waals surface area contributed by atoms with Gasteiger partial charge in [-0.15, -0.1) is 0 Å². The second-order valence-corrected chi connectivity index (χ2v) is 4.23. The van der Waals surface area contributed by atoms with Crippen molar-refractivity contribution in [2.75, 3.05) is 0 Å². The first-order chi connectivity index (χ1) is 7.84. The minimum Gasteiger partial charge on any atom is -0.256 e. The van der Waals surface area contributed by atoms with E-state index in [2.05, 4.69) is 31.1 Å². The number of halogens is 1. The molecule has 0 bridgehead atoms. The Hall–Kier alpha value is -1.75. The molecule has 16 heavy (non-hydrogen) atoms. The Balaban J connectivity index is 2.34. The second kappa shape index (κ2) is 3.68. The van der Waals surface area contributed by atoms with E-state index < -0.39 is 0 Å². The summed E-state index contributed by atoms with van der Waals surface area (Å²) < 4.78 is 1.01. The van der Waals surface area contributed by atoms with Crippen LogP contribution in [0.15, 0.2) is 47.3 Å². The van der Waals surface area contributed by atoms with Crippen molar-refractivity contribution in [3.63, 3.8) is 0 Å². The van der Waals surface area contributed by atoms with E-state index in [0.29, 0.717) is 0 Å². The van der Waals surface area contributed by atoms with Gasteiger partial charge >= 0.3 is 0 Å². The summed E-state index contributed by atoms with van der Waals surface area (Å²) in [5.74, 6) is 0. The predicted octanol–water partition coefficient (Wildman–Crippen LogP) is 2.58. The second-order valence-electron chi connectivity index (χ2n) is 3.31. The molecule has 0 aliphatic carbocycles. The zero-order chi connectivity index (χ0) is 11.0. The van der Waals surface area contributed by atoms with E-state index in [1.165, 1.54) is 0 Å². The van der Waals surface area contributed by atoms with Gasteiger partial charge in [0.05, 0.1) is 23.6 Å². The van der Waals surface area contributed by atoms with Crippen molar-refractivity contribution >= 4 is 26.8 Å². The molecule has 3 aromatic rings. The van der Waals surface area contributed by atoms with E-state index in [1.54, 1.807) is 23.4 Å². The van der Waals surface area contributed by atoms with Gasteiger partial charge in [-0.05, 0) is 24.3 Å². The maximum absolute atomic E-state index is 4.31. The zero-order valence-electron chi connectivity index (χ0n) is 8.21. The number of nitrogens with zero attached hydrogens (tertiary/aromatic N) is 4. The fraction of sp³-hybridized carbons (Fsp3) is 0. The largest absolute Gasteiger partial charge is 0.256 e. The van der Waals surface area contributed by atoms with Crippen LogP contribution in [-0.4, -0.2) is 20.0 Å². The quantitative estimate of drug-likeness (QED) is 0.685. The Bertz CT molecular complexity index is 634. The molecule has 3 rings (SSSR count). The normalized spacial score (nSPS) is 10.8. The smallest absolute Gasteiger partial charge is 0.0965 e. The molecule has 0 N–H and O–H groups in total. The lowest BCUT2D eigenvalue weighted by molar-refractivity contribution is 0.756. The molecule has 78 valence electrons. The number of benzene rings is 1. The van der Waals surface area contributed by atoms with Crippen molar-refractivity contribution in [1.29, 1.82) is 0 Å². The first kappa shape index (κ1) is 9.47. The van der Waals surface area contributed by atoms with Gasteiger partial charge in [0.2, 0.25) is 0 Å². The van der Waals surface area contributed by atoms with E-state index in [9.17, 15) is 0 Å². The SMILES string of the molecule is Brc1ccc2c(-n3nccn3)ccnc2c1. The molecule has 0 fully saturated rings. The van der Waals surface area contributed by atoms with Crippen LogP contribution >= 0.6 is 15.9 Å². The van der Waals surface area contributed by atoms with E-state index in [1.807, 2.05) is 24.3 Å². The molecule has 0 saturated heterocycles. The minimum absolute atomic E-state index is 0.921. The van der Waals surface area contributed by atoms with Gasteiger partial charge in [0.15, 0.2) is 0 Å². The molecule has 0 atom stereocenters. The molecule has 0 unspecified atom stereocenters. The van der Waals surface area contributed by atoms with Gasteiger partial charge in [0, 0.05) is 16.1 Å². The molecule has 0 aliphatic heterocycles. The highest BCUT2D eigenvalue weighted by Gasteiger charge is 2.05. The van der Waals surface area contributed by atoms with Crippen LogP contribution in [-0.2, 0) is 0 Å². The molecule has 0 spiro atoms. The van der Waals surface area contributed by atoms with Crippen LogP contribution in [0, 0.1) is 0 Å². The Morgan fingerprint density at radius 1 is 1.00 bits per heavy atom. The number of fused-ring (bicyclic) bond motifs is 1. The van der Waals surface area contributed by atoms with Crippen molar-refractivity contribution < 1.29 is 0 Å². The summed E-state index contributed by atoms with van der Waals surface area (Å²) in [7, 11) is 0. The van der Waals surface area contributed by atoms with Crippen LogP contribution in [0.3, 0.4) is 0 Å². The highest BCUT2D eigenvalue weighted by Crippen LogP contribution is 2.22. The maximum Gasteiger partial charge on any atom is 0.0965 e. The number of aromatic nitrogens is 4. The third kappa shape index (κ3) is 1.49. The molecule has 2 heterocycles. The van der Waals surface area contributed by atoms with Crippen molar-refractivity contribution in [1.82, 2.24) is 20.0 Å². The van der Waals surface area contributed by atoms with E-state index >= 15 is 0 Å². The molecule has 0 amide bonds. The Morgan fingerprint density at radius 3 is 2.62 bits per heavy atom. The first-order valence-electron chi connectivity index (χ1n) is 4.75. The summed E-state index contributed by atoms with van der Waals surface area (Å²) in [6.07, 6.45) is 5.07. The van der Waals surface area contributed by atoms with Crippen molar-refractivity contribution in [3.8, 4) is 5.69 Å². The van der Waals surface area contributed by atoms with Gasteiger partial charge in [0.1, 0.15) is 0 Å². The summed E-state index contributed by atoms with van der Waals surface area (Å²) in [6.45, 7) is 0. The summed E-state index contributed by atoms with van der Waals surface area (Å²) in [4.78, 5) is 5.91. The number of rotatable bonds is 1. The highest BCUT2D eigenvalue weighted by atomic mass is 79.9. The molecule has 0 saturated carbocycles. The summed E-state index contributed by atoms with van der Waals surface area (Å²) >= 11 is 3.43. The summed E-state index contributed by atoms with van der Waals surface area (Å²) in [5.41, 5.74) is 1.85. The maximum atomic E-state index is 4.31. The molecular formula is C11H7BrN4. The number of pyridine rings is 1. The average molecular weight is 275 g/mol. The fourth-order valence-corrected chi connectivity index (χ4v) is 1.97. The van der Waals surface area contributed by atoms with Crippen molar-refractivity contribution in [2.24, 2.45) is 0 Å². The molecule has 5 heteroatoms. The lowest BCUT2D eigenvalue weighted by atomic mass is 10.2. The first-order valence-corrected chi connectivity index (χ1v) is 5.55. The zero-order valence-corrected chi connectivity index (χ0v) is 9.79. The molecule has 0 radical (unpaired) electrons. The van der Waals surface area contributed by atoms with Crippen molar-refractivity contribution in [2.45, 2.75) is 0 Å².